The van der Waals surface area contributed by atoms with Gasteiger partial charge in [0.2, 0.25) is 5.88 Å². The number of nitrogens with one attached hydrogen (secondary N) is 1. The Balaban J connectivity index is 1.58. The molecule has 0 saturated carbocycles. The molecule has 0 aliphatic carbocycles. The summed E-state index contributed by atoms with van der Waals surface area (Å²) in [6.45, 7) is 1.13. The summed E-state index contributed by atoms with van der Waals surface area (Å²) in [7, 11) is 0. The van der Waals surface area contributed by atoms with Gasteiger partial charge in [-0.25, -0.2) is 9.37 Å². The van der Waals surface area contributed by atoms with E-state index in [0.717, 1.165) is 12.1 Å². The first-order valence-electron chi connectivity index (χ1n) is 10.4. The van der Waals surface area contributed by atoms with E-state index in [4.69, 9.17) is 16.3 Å². The lowest BCUT2D eigenvalue weighted by atomic mass is 10.1. The Kier molecular flexibility index (Phi) is 6.66. The van der Waals surface area contributed by atoms with Crippen LogP contribution >= 0.6 is 11.6 Å². The molecule has 3 aromatic rings. The summed E-state index contributed by atoms with van der Waals surface area (Å²) in [6.07, 6.45) is -4.19. The van der Waals surface area contributed by atoms with Crippen molar-refractivity contribution in [3.8, 4) is 5.88 Å². The highest BCUT2D eigenvalue weighted by molar-refractivity contribution is 6.31. The number of rotatable bonds is 5. The molecule has 1 aromatic heterocycles. The number of nitrogens with zero attached hydrogens (tertiary/aromatic N) is 2. The molecule has 2 heterocycles. The molecule has 0 radical (unpaired) electrons. The number of hydrogen-bond acceptors (Lipinski definition) is 4. The lowest BCUT2D eigenvalue weighted by Crippen LogP contribution is -2.44. The van der Waals surface area contributed by atoms with Crippen LogP contribution < -0.4 is 15.0 Å². The van der Waals surface area contributed by atoms with Crippen molar-refractivity contribution in [2.75, 3.05) is 4.90 Å². The van der Waals surface area contributed by atoms with Gasteiger partial charge in [0.1, 0.15) is 11.5 Å². The van der Waals surface area contributed by atoms with Crippen LogP contribution in [0, 0.1) is 5.82 Å². The van der Waals surface area contributed by atoms with Crippen LogP contribution in [-0.2, 0) is 24.1 Å². The Morgan fingerprint density at radius 1 is 1.20 bits per heavy atom. The van der Waals surface area contributed by atoms with E-state index < -0.39 is 35.5 Å². The van der Waals surface area contributed by atoms with Crippen molar-refractivity contribution in [2.45, 2.75) is 32.3 Å². The van der Waals surface area contributed by atoms with Gasteiger partial charge in [0.15, 0.2) is 6.10 Å². The predicted molar refractivity (Wildman–Crippen MR) is 120 cm³/mol. The molecule has 35 heavy (non-hydrogen) atoms. The number of carbonyl (C=O) groups excluding carboxylic acids is 2. The largest absolute Gasteiger partial charge is 0.463 e. The molecule has 0 fully saturated rings. The van der Waals surface area contributed by atoms with Gasteiger partial charge in [-0.3, -0.25) is 14.5 Å². The van der Waals surface area contributed by atoms with Gasteiger partial charge in [0.05, 0.1) is 17.7 Å². The highest BCUT2D eigenvalue weighted by Crippen LogP contribution is 2.35. The van der Waals surface area contributed by atoms with Crippen LogP contribution in [-0.4, -0.2) is 22.9 Å². The standard InChI is InChI=1S/C24H18ClF4N3O3/c1-13-23(34)32(12-17-18(25)6-3-7-19(17)26)20-9-15(11-31-22(20)35-13)21(33)30-10-14-4-2-5-16(8-14)24(27,28)29/h2-9,11,13H,10,12H2,1H3,(H,30,33). The van der Waals surface area contributed by atoms with Crippen molar-refractivity contribution in [1.29, 1.82) is 0 Å². The van der Waals surface area contributed by atoms with E-state index in [9.17, 15) is 27.2 Å². The number of anilines is 1. The lowest BCUT2D eigenvalue weighted by Gasteiger charge is -2.32. The van der Waals surface area contributed by atoms with E-state index in [0.29, 0.717) is 0 Å². The van der Waals surface area contributed by atoms with Gasteiger partial charge in [-0.15, -0.1) is 0 Å². The Bertz CT molecular complexity index is 1280. The average Bonchev–Trinajstić information content (AvgIpc) is 2.81. The fourth-order valence-corrected chi connectivity index (χ4v) is 3.77. The van der Waals surface area contributed by atoms with Gasteiger partial charge in [-0.1, -0.05) is 29.8 Å². The zero-order valence-corrected chi connectivity index (χ0v) is 19.0. The Morgan fingerprint density at radius 2 is 1.94 bits per heavy atom. The van der Waals surface area contributed by atoms with E-state index in [-0.39, 0.29) is 46.4 Å². The fourth-order valence-electron chi connectivity index (χ4n) is 3.55. The minimum atomic E-state index is -4.50. The fraction of sp³-hybridized carbons (Fsp3) is 0.208. The van der Waals surface area contributed by atoms with Crippen LogP contribution in [0.4, 0.5) is 23.2 Å². The molecule has 6 nitrogen and oxygen atoms in total. The second kappa shape index (κ2) is 9.53. The number of amides is 2. The molecular formula is C24H18ClF4N3O3. The van der Waals surface area contributed by atoms with Gasteiger partial charge in [-0.05, 0) is 42.8 Å². The summed E-state index contributed by atoms with van der Waals surface area (Å²) in [6, 6.07) is 10.1. The van der Waals surface area contributed by atoms with Gasteiger partial charge in [0, 0.05) is 23.3 Å². The van der Waals surface area contributed by atoms with Gasteiger partial charge < -0.3 is 10.1 Å². The minimum Gasteiger partial charge on any atom is -0.463 e. The number of alkyl halides is 3. The van der Waals surface area contributed by atoms with E-state index >= 15 is 0 Å². The summed E-state index contributed by atoms with van der Waals surface area (Å²) in [5.74, 6) is -1.65. The molecule has 0 spiro atoms. The maximum Gasteiger partial charge on any atom is 0.416 e. The zero-order valence-electron chi connectivity index (χ0n) is 18.2. The van der Waals surface area contributed by atoms with Crippen LogP contribution in [0.2, 0.25) is 5.02 Å². The maximum absolute atomic E-state index is 14.4. The molecule has 182 valence electrons. The van der Waals surface area contributed by atoms with Crippen molar-refractivity contribution in [1.82, 2.24) is 10.3 Å². The monoisotopic (exact) mass is 507 g/mol. The molecule has 1 unspecified atom stereocenters. The summed E-state index contributed by atoms with van der Waals surface area (Å²) in [4.78, 5) is 30.9. The van der Waals surface area contributed by atoms with Gasteiger partial charge in [0.25, 0.3) is 11.8 Å². The van der Waals surface area contributed by atoms with Crippen LogP contribution in [0.25, 0.3) is 0 Å². The average molecular weight is 508 g/mol. The third-order valence-electron chi connectivity index (χ3n) is 5.37. The van der Waals surface area contributed by atoms with Gasteiger partial charge >= 0.3 is 6.18 Å². The SMILES string of the molecule is CC1Oc2ncc(C(=O)NCc3cccc(C(F)(F)F)c3)cc2N(Cc2c(F)cccc2Cl)C1=O. The number of ether oxygens (including phenoxy) is 1. The number of pyridine rings is 1. The van der Waals surface area contributed by atoms with E-state index in [1.54, 1.807) is 0 Å². The molecule has 2 aromatic carbocycles. The highest BCUT2D eigenvalue weighted by Gasteiger charge is 2.34. The second-order valence-electron chi connectivity index (χ2n) is 7.81. The normalized spacial score (nSPS) is 15.4. The topological polar surface area (TPSA) is 71.5 Å². The summed E-state index contributed by atoms with van der Waals surface area (Å²) in [5, 5.41) is 2.66. The van der Waals surface area contributed by atoms with Crippen molar-refractivity contribution in [2.24, 2.45) is 0 Å². The van der Waals surface area contributed by atoms with Crippen molar-refractivity contribution < 1.29 is 31.9 Å². The molecule has 1 atom stereocenters. The Labute approximate surface area is 202 Å². The third kappa shape index (κ3) is 5.22. The molecule has 0 bridgehead atoms. The predicted octanol–water partition coefficient (Wildman–Crippen LogP) is 5.14. The molecule has 11 heteroatoms. The van der Waals surface area contributed by atoms with E-state index in [1.165, 1.54) is 54.4 Å². The second-order valence-corrected chi connectivity index (χ2v) is 8.22. The van der Waals surface area contributed by atoms with Crippen molar-refractivity contribution >= 4 is 29.1 Å². The maximum atomic E-state index is 14.4. The first-order valence-corrected chi connectivity index (χ1v) is 10.8. The highest BCUT2D eigenvalue weighted by atomic mass is 35.5. The van der Waals surface area contributed by atoms with Crippen LogP contribution in [0.5, 0.6) is 5.88 Å². The first kappa shape index (κ1) is 24.5. The lowest BCUT2D eigenvalue weighted by molar-refractivity contribution is -0.137. The van der Waals surface area contributed by atoms with Crippen LogP contribution in [0.1, 0.15) is 34.0 Å². The van der Waals surface area contributed by atoms with Gasteiger partial charge in [-0.2, -0.15) is 13.2 Å². The van der Waals surface area contributed by atoms with Crippen LogP contribution in [0.3, 0.4) is 0 Å². The molecular weight excluding hydrogens is 490 g/mol. The molecule has 0 saturated heterocycles. The summed E-state index contributed by atoms with van der Waals surface area (Å²) >= 11 is 6.12. The van der Waals surface area contributed by atoms with E-state index in [1.807, 2.05) is 0 Å². The molecule has 1 aliphatic heterocycles. The zero-order chi connectivity index (χ0) is 25.3. The summed E-state index contributed by atoms with van der Waals surface area (Å²) in [5.41, 5.74) is -0.318. The van der Waals surface area contributed by atoms with Crippen molar-refractivity contribution in [3.05, 3.63) is 87.8 Å². The Hall–Kier alpha value is -3.66. The minimum absolute atomic E-state index is 0.0336. The molecule has 1 N–H and O–H groups in total. The number of benzene rings is 2. The molecule has 1 aliphatic rings. The Morgan fingerprint density at radius 3 is 2.66 bits per heavy atom. The smallest absolute Gasteiger partial charge is 0.416 e. The molecule has 2 amide bonds. The van der Waals surface area contributed by atoms with Crippen LogP contribution in [0.15, 0.2) is 54.7 Å². The quantitative estimate of drug-likeness (QED) is 0.486. The molecule has 4 rings (SSSR count). The first-order chi connectivity index (χ1) is 16.5. The van der Waals surface area contributed by atoms with Crippen molar-refractivity contribution in [3.63, 3.8) is 0 Å². The number of halogens is 5. The number of hydrogen-bond donors (Lipinski definition) is 1. The summed E-state index contributed by atoms with van der Waals surface area (Å²) < 4.78 is 58.7. The number of fused-ring (bicyclic) bond motifs is 1. The number of aromatic nitrogens is 1. The number of carbonyl (C=O) groups is 2. The third-order valence-corrected chi connectivity index (χ3v) is 5.73. The van der Waals surface area contributed by atoms with E-state index in [2.05, 4.69) is 10.3 Å².